The van der Waals surface area contributed by atoms with E-state index in [0.717, 1.165) is 37.0 Å². The lowest BCUT2D eigenvalue weighted by Crippen LogP contribution is -2.46. The number of aromatic hydroxyl groups is 1. The van der Waals surface area contributed by atoms with Crippen LogP contribution >= 0.6 is 11.6 Å². The monoisotopic (exact) mass is 441 g/mol. The van der Waals surface area contributed by atoms with Crippen molar-refractivity contribution in [3.63, 3.8) is 0 Å². The van der Waals surface area contributed by atoms with Crippen molar-refractivity contribution in [3.05, 3.63) is 58.1 Å². The van der Waals surface area contributed by atoms with E-state index in [1.807, 2.05) is 0 Å². The molecule has 0 bridgehead atoms. The van der Waals surface area contributed by atoms with Crippen molar-refractivity contribution in [2.75, 3.05) is 7.11 Å². The molecule has 5 heteroatoms. The van der Waals surface area contributed by atoms with Crippen LogP contribution in [0, 0.1) is 17.3 Å². The minimum atomic E-state index is -0.378. The number of benzene rings is 2. The largest absolute Gasteiger partial charge is 0.508 e. The third-order valence-electron chi connectivity index (χ3n) is 8.53. The number of halogens is 1. The van der Waals surface area contributed by atoms with Crippen molar-refractivity contribution in [2.45, 2.75) is 63.6 Å². The van der Waals surface area contributed by atoms with Gasteiger partial charge in [-0.15, -0.1) is 0 Å². The summed E-state index contributed by atoms with van der Waals surface area (Å²) in [5, 5.41) is 25.6. The fourth-order valence-corrected chi connectivity index (χ4v) is 7.03. The summed E-state index contributed by atoms with van der Waals surface area (Å²) in [5.41, 5.74) is 3.65. The smallest absolute Gasteiger partial charge is 0.120 e. The summed E-state index contributed by atoms with van der Waals surface area (Å²) in [4.78, 5) is 0. The lowest BCUT2D eigenvalue weighted by atomic mass is 9.55. The second kappa shape index (κ2) is 7.99. The van der Waals surface area contributed by atoms with E-state index in [0.29, 0.717) is 29.3 Å². The molecule has 0 unspecified atom stereocenters. The Morgan fingerprint density at radius 1 is 1.19 bits per heavy atom. The zero-order valence-corrected chi connectivity index (χ0v) is 19.0. The van der Waals surface area contributed by atoms with Gasteiger partial charge in [-0.2, -0.15) is 0 Å². The number of phenolic OH excluding ortho intramolecular Hbond substituents is 1. The Morgan fingerprint density at radius 2 is 2.03 bits per heavy atom. The van der Waals surface area contributed by atoms with E-state index in [-0.39, 0.29) is 23.3 Å². The van der Waals surface area contributed by atoms with Gasteiger partial charge in [0.05, 0.1) is 13.2 Å². The summed E-state index contributed by atoms with van der Waals surface area (Å²) in [6, 6.07) is 11.7. The Bertz CT molecular complexity index is 979. The maximum atomic E-state index is 11.3. The van der Waals surface area contributed by atoms with E-state index in [1.54, 1.807) is 25.3 Å². The SMILES string of the molecule is COc1ccc2c(c1)CC[C@@H]1[C@@H]2CC[C@]2(C)[C@@H](O)[C@H](NCc3cc(Cl)ccc3O)C[C@@H]12. The van der Waals surface area contributed by atoms with Gasteiger partial charge < -0.3 is 20.3 Å². The number of nitrogens with one attached hydrogen (secondary N) is 1. The molecule has 3 N–H and O–H groups in total. The molecule has 2 fully saturated rings. The summed E-state index contributed by atoms with van der Waals surface area (Å²) in [7, 11) is 1.73. The predicted molar refractivity (Wildman–Crippen MR) is 123 cm³/mol. The van der Waals surface area contributed by atoms with Crippen LogP contribution in [0.2, 0.25) is 5.02 Å². The molecule has 0 heterocycles. The zero-order valence-electron chi connectivity index (χ0n) is 18.3. The summed E-state index contributed by atoms with van der Waals surface area (Å²) in [6.07, 6.45) is 5.05. The minimum absolute atomic E-state index is 0.0318. The van der Waals surface area contributed by atoms with Crippen molar-refractivity contribution < 1.29 is 14.9 Å². The fourth-order valence-electron chi connectivity index (χ4n) is 6.84. The van der Waals surface area contributed by atoms with E-state index in [9.17, 15) is 10.2 Å². The van der Waals surface area contributed by atoms with Gasteiger partial charge in [0.25, 0.3) is 0 Å². The van der Waals surface area contributed by atoms with Gasteiger partial charge in [-0.1, -0.05) is 24.6 Å². The maximum absolute atomic E-state index is 11.3. The highest BCUT2D eigenvalue weighted by Gasteiger charge is 2.57. The molecule has 0 amide bonds. The van der Waals surface area contributed by atoms with Gasteiger partial charge >= 0.3 is 0 Å². The number of ether oxygens (including phenoxy) is 1. The Morgan fingerprint density at radius 3 is 2.84 bits per heavy atom. The lowest BCUT2D eigenvalue weighted by Gasteiger charge is -2.50. The summed E-state index contributed by atoms with van der Waals surface area (Å²) < 4.78 is 5.44. The number of hydrogen-bond donors (Lipinski definition) is 3. The van der Waals surface area contributed by atoms with Crippen molar-refractivity contribution in [1.29, 1.82) is 0 Å². The number of rotatable bonds is 4. The van der Waals surface area contributed by atoms with Crippen LogP contribution in [-0.2, 0) is 13.0 Å². The van der Waals surface area contributed by atoms with Crippen LogP contribution in [0.3, 0.4) is 0 Å². The van der Waals surface area contributed by atoms with Gasteiger partial charge in [-0.05, 0) is 96.7 Å². The second-order valence-corrected chi connectivity index (χ2v) is 10.4. The summed E-state index contributed by atoms with van der Waals surface area (Å²) in [6.45, 7) is 2.80. The first-order valence-electron chi connectivity index (χ1n) is 11.5. The highest BCUT2D eigenvalue weighted by molar-refractivity contribution is 6.30. The molecule has 0 spiro atoms. The van der Waals surface area contributed by atoms with Gasteiger partial charge in [0.15, 0.2) is 0 Å². The van der Waals surface area contributed by atoms with Crippen molar-refractivity contribution >= 4 is 11.6 Å². The van der Waals surface area contributed by atoms with Gasteiger partial charge in [0, 0.05) is 23.2 Å². The van der Waals surface area contributed by atoms with E-state index >= 15 is 0 Å². The van der Waals surface area contributed by atoms with Gasteiger partial charge in [-0.3, -0.25) is 0 Å². The Hall–Kier alpha value is -1.75. The van der Waals surface area contributed by atoms with Crippen LogP contribution in [0.25, 0.3) is 0 Å². The van der Waals surface area contributed by atoms with Crippen molar-refractivity contribution in [1.82, 2.24) is 5.32 Å². The van der Waals surface area contributed by atoms with Crippen LogP contribution in [0.15, 0.2) is 36.4 Å². The molecule has 4 nitrogen and oxygen atoms in total. The molecular formula is C26H32ClNO3. The van der Waals surface area contributed by atoms with Crippen molar-refractivity contribution in [2.24, 2.45) is 17.3 Å². The van der Waals surface area contributed by atoms with E-state index in [2.05, 4.69) is 30.4 Å². The van der Waals surface area contributed by atoms with Gasteiger partial charge in [0.2, 0.25) is 0 Å². The van der Waals surface area contributed by atoms with Gasteiger partial charge in [0.1, 0.15) is 11.5 Å². The van der Waals surface area contributed by atoms with E-state index < -0.39 is 0 Å². The first kappa shape index (κ1) is 21.1. The first-order chi connectivity index (χ1) is 14.9. The molecule has 2 aromatic carbocycles. The maximum Gasteiger partial charge on any atom is 0.120 e. The Labute approximate surface area is 189 Å². The molecule has 5 rings (SSSR count). The number of fused-ring (bicyclic) bond motifs is 5. The lowest BCUT2D eigenvalue weighted by molar-refractivity contribution is -0.0281. The molecule has 0 radical (unpaired) electrons. The van der Waals surface area contributed by atoms with Crippen LogP contribution in [0.5, 0.6) is 11.5 Å². The third-order valence-corrected chi connectivity index (χ3v) is 8.77. The molecule has 0 aromatic heterocycles. The number of hydrogen-bond acceptors (Lipinski definition) is 4. The first-order valence-corrected chi connectivity index (χ1v) is 11.8. The predicted octanol–water partition coefficient (Wildman–Crippen LogP) is 5.04. The summed E-state index contributed by atoms with van der Waals surface area (Å²) >= 11 is 6.10. The van der Waals surface area contributed by atoms with E-state index in [1.165, 1.54) is 17.5 Å². The second-order valence-electron chi connectivity index (χ2n) is 9.97. The normalized spacial score (nSPS) is 34.0. The molecular weight excluding hydrogens is 410 g/mol. The molecule has 3 aliphatic rings. The van der Waals surface area contributed by atoms with Crippen LogP contribution in [0.4, 0.5) is 0 Å². The number of phenols is 1. The standard InChI is InChI=1S/C26H32ClNO3/c1-26-10-9-20-19-7-5-18(31-2)12-15(19)3-6-21(20)22(26)13-23(25(26)30)28-14-16-11-17(27)4-8-24(16)29/h4-5,7-8,11-12,20-23,25,28-30H,3,6,9-10,13-14H2,1-2H3/t20-,21-,22+,23-,25+,26+/m1/s1. The number of aliphatic hydroxyl groups excluding tert-OH is 1. The number of methoxy groups -OCH3 is 1. The fraction of sp³-hybridized carbons (Fsp3) is 0.538. The highest BCUT2D eigenvalue weighted by atomic mass is 35.5. The zero-order chi connectivity index (χ0) is 21.8. The molecule has 31 heavy (non-hydrogen) atoms. The average molecular weight is 442 g/mol. The molecule has 3 aliphatic carbocycles. The van der Waals surface area contributed by atoms with Crippen LogP contribution < -0.4 is 10.1 Å². The van der Waals surface area contributed by atoms with E-state index in [4.69, 9.17) is 16.3 Å². The molecule has 2 saturated carbocycles. The highest BCUT2D eigenvalue weighted by Crippen LogP contribution is 2.61. The third kappa shape index (κ3) is 3.53. The molecule has 166 valence electrons. The van der Waals surface area contributed by atoms with Gasteiger partial charge in [-0.25, -0.2) is 0 Å². The van der Waals surface area contributed by atoms with Crippen molar-refractivity contribution in [3.8, 4) is 11.5 Å². The molecule has 0 aliphatic heterocycles. The summed E-state index contributed by atoms with van der Waals surface area (Å²) in [5.74, 6) is 2.88. The average Bonchev–Trinajstić information content (AvgIpc) is 3.04. The quantitative estimate of drug-likeness (QED) is 0.622. The topological polar surface area (TPSA) is 61.7 Å². The minimum Gasteiger partial charge on any atom is -0.508 e. The Balaban J connectivity index is 1.35. The number of aryl methyl sites for hydroxylation is 1. The molecule has 0 saturated heterocycles. The van der Waals surface area contributed by atoms with Crippen LogP contribution in [-0.4, -0.2) is 29.5 Å². The Kier molecular flexibility index (Phi) is 5.44. The molecule has 6 atom stereocenters. The molecule has 2 aromatic rings. The van der Waals surface area contributed by atoms with Crippen LogP contribution in [0.1, 0.15) is 55.2 Å². The number of aliphatic hydroxyl groups is 1.